The number of hydrogen-bond donors (Lipinski definition) is 0. The molecule has 1 aliphatic heterocycles. The van der Waals surface area contributed by atoms with Crippen molar-refractivity contribution in [3.63, 3.8) is 0 Å². The minimum absolute atomic E-state index is 0. The van der Waals surface area contributed by atoms with E-state index in [0.29, 0.717) is 13.0 Å². The fourth-order valence-corrected chi connectivity index (χ4v) is 2.62. The lowest BCUT2D eigenvalue weighted by atomic mass is 10.3. The molecule has 0 aliphatic carbocycles. The smallest absolute Gasteiger partial charge is 0.325 e. The number of thioether (sulfide) groups is 1. The normalized spacial score (nSPS) is 14.3. The minimum atomic E-state index is -0.266. The van der Waals surface area contributed by atoms with Crippen LogP contribution in [-0.2, 0) is 19.1 Å². The van der Waals surface area contributed by atoms with Crippen LogP contribution >= 0.6 is 28.7 Å². The monoisotopic (exact) mass is 339 g/mol. The van der Waals surface area contributed by atoms with Gasteiger partial charge in [0.05, 0.1) is 19.6 Å². The van der Waals surface area contributed by atoms with Gasteiger partial charge in [-0.1, -0.05) is 0 Å². The summed E-state index contributed by atoms with van der Waals surface area (Å²) in [5.74, 6) is 0.236. The largest absolute Gasteiger partial charge is 0.468 e. The Labute approximate surface area is 122 Å². The van der Waals surface area contributed by atoms with Crippen LogP contribution < -0.4 is 0 Å². The second-order valence-electron chi connectivity index (χ2n) is 3.65. The summed E-state index contributed by atoms with van der Waals surface area (Å²) in [5.41, 5.74) is 1.06. The molecule has 0 unspecified atom stereocenters. The zero-order valence-corrected chi connectivity index (χ0v) is 13.3. The third-order valence-corrected chi connectivity index (χ3v) is 3.74. The van der Waals surface area contributed by atoms with Crippen LogP contribution in [0, 0.1) is 0 Å². The molecular weight excluding hydrogens is 322 g/mol. The maximum absolute atomic E-state index is 11.2. The molecule has 0 spiro atoms. The lowest BCUT2D eigenvalue weighted by Crippen LogP contribution is -2.26. The van der Waals surface area contributed by atoms with Gasteiger partial charge in [0.25, 0.3) is 0 Å². The summed E-state index contributed by atoms with van der Waals surface area (Å²) in [5, 5.41) is 0. The first kappa shape index (κ1) is 17.3. The number of carbonyl (C=O) groups is 2. The van der Waals surface area contributed by atoms with Crippen LogP contribution in [0.3, 0.4) is 0 Å². The molecule has 5 nitrogen and oxygen atoms in total. The molecule has 7 heteroatoms. The molecule has 0 saturated heterocycles. The molecule has 1 heterocycles. The molecule has 0 aromatic rings. The van der Waals surface area contributed by atoms with Crippen molar-refractivity contribution < 1.29 is 19.1 Å². The van der Waals surface area contributed by atoms with Crippen molar-refractivity contribution in [2.45, 2.75) is 20.3 Å². The van der Waals surface area contributed by atoms with Gasteiger partial charge in [-0.25, -0.2) is 0 Å². The van der Waals surface area contributed by atoms with E-state index in [4.69, 9.17) is 4.74 Å². The second kappa shape index (κ2) is 8.42. The first-order chi connectivity index (χ1) is 8.04. The third kappa shape index (κ3) is 5.30. The Kier molecular flexibility index (Phi) is 8.10. The second-order valence-corrected chi connectivity index (χ2v) is 4.69. The summed E-state index contributed by atoms with van der Waals surface area (Å²) in [6.45, 7) is 4.02. The van der Waals surface area contributed by atoms with E-state index in [0.717, 1.165) is 16.5 Å². The zero-order valence-electron chi connectivity index (χ0n) is 10.7. The molecule has 18 heavy (non-hydrogen) atoms. The summed E-state index contributed by atoms with van der Waals surface area (Å²) in [7, 11) is 1.38. The number of hydrogen-bond acceptors (Lipinski definition) is 6. The molecule has 0 amide bonds. The first-order valence-corrected chi connectivity index (χ1v) is 6.30. The molecule has 1 aliphatic rings. The standard InChI is InChI=1S/C11H17NO4S.BrH/c1-8-10(4-5-16-9(2)13)17-7-12(8)6-11(14)15-3;/h4-7H2,1-3H3;1H. The Morgan fingerprint density at radius 3 is 2.67 bits per heavy atom. The van der Waals surface area contributed by atoms with E-state index in [9.17, 15) is 9.59 Å². The number of methoxy groups -OCH3 is 1. The Hall–Kier alpha value is -0.690. The van der Waals surface area contributed by atoms with Crippen molar-refractivity contribution in [3.05, 3.63) is 10.6 Å². The van der Waals surface area contributed by atoms with Gasteiger partial charge in [0.15, 0.2) is 0 Å². The maximum atomic E-state index is 11.2. The van der Waals surface area contributed by atoms with E-state index in [1.807, 2.05) is 11.8 Å². The Balaban J connectivity index is 0.00000289. The average Bonchev–Trinajstić information content (AvgIpc) is 2.61. The number of ether oxygens (including phenoxy) is 2. The Bertz CT molecular complexity index is 346. The van der Waals surface area contributed by atoms with Gasteiger partial charge in [0.2, 0.25) is 0 Å². The molecule has 0 bridgehead atoms. The van der Waals surface area contributed by atoms with Gasteiger partial charge in [0, 0.05) is 23.9 Å². The van der Waals surface area contributed by atoms with E-state index in [2.05, 4.69) is 4.74 Å². The van der Waals surface area contributed by atoms with Gasteiger partial charge in [-0.15, -0.1) is 28.7 Å². The van der Waals surface area contributed by atoms with Crippen molar-refractivity contribution in [3.8, 4) is 0 Å². The Morgan fingerprint density at radius 1 is 1.44 bits per heavy atom. The van der Waals surface area contributed by atoms with Crippen LogP contribution in [0.2, 0.25) is 0 Å². The number of allylic oxidation sites excluding steroid dienone is 1. The van der Waals surface area contributed by atoms with Crippen molar-refractivity contribution in [2.75, 3.05) is 26.1 Å². The average molecular weight is 340 g/mol. The van der Waals surface area contributed by atoms with Gasteiger partial charge in [-0.05, 0) is 6.92 Å². The maximum Gasteiger partial charge on any atom is 0.325 e. The molecule has 0 aromatic heterocycles. The van der Waals surface area contributed by atoms with Gasteiger partial charge >= 0.3 is 11.9 Å². The molecule has 0 N–H and O–H groups in total. The lowest BCUT2D eigenvalue weighted by Gasteiger charge is -2.17. The highest BCUT2D eigenvalue weighted by molar-refractivity contribution is 8.93. The number of carbonyl (C=O) groups excluding carboxylic acids is 2. The zero-order chi connectivity index (χ0) is 12.8. The lowest BCUT2D eigenvalue weighted by molar-refractivity contribution is -0.141. The molecule has 0 fully saturated rings. The molecule has 104 valence electrons. The van der Waals surface area contributed by atoms with Crippen molar-refractivity contribution in [1.82, 2.24) is 4.90 Å². The molecule has 1 rings (SSSR count). The topological polar surface area (TPSA) is 55.8 Å². The van der Waals surface area contributed by atoms with Gasteiger partial charge in [0.1, 0.15) is 6.54 Å². The third-order valence-electron chi connectivity index (χ3n) is 2.45. The van der Waals surface area contributed by atoms with E-state index < -0.39 is 0 Å². The van der Waals surface area contributed by atoms with Crippen LogP contribution in [0.5, 0.6) is 0 Å². The number of halogens is 1. The predicted octanol–water partition coefficient (Wildman–Crippen LogP) is 1.93. The predicted molar refractivity (Wildman–Crippen MR) is 75.5 cm³/mol. The van der Waals surface area contributed by atoms with Crippen LogP contribution in [0.15, 0.2) is 10.6 Å². The summed E-state index contributed by atoms with van der Waals surface area (Å²) in [6, 6.07) is 0. The number of esters is 2. The first-order valence-electron chi connectivity index (χ1n) is 5.32. The molecule has 0 atom stereocenters. The fourth-order valence-electron chi connectivity index (χ4n) is 1.46. The molecular formula is C11H18BrNO4S. The number of rotatable bonds is 5. The van der Waals surface area contributed by atoms with E-state index in [1.165, 1.54) is 14.0 Å². The van der Waals surface area contributed by atoms with Crippen molar-refractivity contribution in [1.29, 1.82) is 0 Å². The van der Waals surface area contributed by atoms with Crippen LogP contribution in [-0.4, -0.2) is 43.0 Å². The summed E-state index contributed by atoms with van der Waals surface area (Å²) in [4.78, 5) is 24.9. The van der Waals surface area contributed by atoms with Gasteiger partial charge < -0.3 is 14.4 Å². The minimum Gasteiger partial charge on any atom is -0.468 e. The van der Waals surface area contributed by atoms with Gasteiger partial charge in [-0.2, -0.15) is 0 Å². The van der Waals surface area contributed by atoms with Crippen molar-refractivity contribution >= 4 is 40.7 Å². The highest BCUT2D eigenvalue weighted by Gasteiger charge is 2.21. The van der Waals surface area contributed by atoms with Crippen LogP contribution in [0.1, 0.15) is 20.3 Å². The highest BCUT2D eigenvalue weighted by Crippen LogP contribution is 2.33. The fraction of sp³-hybridized carbons (Fsp3) is 0.636. The highest BCUT2D eigenvalue weighted by atomic mass is 79.9. The van der Waals surface area contributed by atoms with E-state index in [1.54, 1.807) is 11.8 Å². The summed E-state index contributed by atoms with van der Waals surface area (Å²) < 4.78 is 9.52. The number of nitrogens with zero attached hydrogens (tertiary/aromatic N) is 1. The SMILES string of the molecule is Br.COC(=O)CN1CSC(CCOC(C)=O)=C1C. The van der Waals surface area contributed by atoms with E-state index >= 15 is 0 Å². The Morgan fingerprint density at radius 2 is 2.11 bits per heavy atom. The van der Waals surface area contributed by atoms with Crippen molar-refractivity contribution in [2.24, 2.45) is 0 Å². The summed E-state index contributed by atoms with van der Waals surface area (Å²) >= 11 is 1.67. The van der Waals surface area contributed by atoms with E-state index in [-0.39, 0.29) is 35.5 Å². The van der Waals surface area contributed by atoms with Crippen LogP contribution in [0.25, 0.3) is 0 Å². The quantitative estimate of drug-likeness (QED) is 0.713. The summed E-state index contributed by atoms with van der Waals surface area (Å²) in [6.07, 6.45) is 0.702. The molecule has 0 saturated carbocycles. The molecule has 0 aromatic carbocycles. The van der Waals surface area contributed by atoms with Gasteiger partial charge in [-0.3, -0.25) is 9.59 Å². The van der Waals surface area contributed by atoms with Crippen LogP contribution in [0.4, 0.5) is 0 Å². The molecule has 0 radical (unpaired) electrons.